The van der Waals surface area contributed by atoms with Gasteiger partial charge in [-0.1, -0.05) is 83.6 Å². The van der Waals surface area contributed by atoms with E-state index in [1.165, 1.54) is 70.6 Å². The zero-order valence-corrected chi connectivity index (χ0v) is 16.0. The molecule has 0 aliphatic rings. The molecule has 0 fully saturated rings. The molecule has 24 heavy (non-hydrogen) atoms. The molecule has 0 N–H and O–H groups in total. The number of unbranched alkanes of at least 4 members (excludes halogenated alkanes) is 11. The Morgan fingerprint density at radius 3 is 1.96 bits per heavy atom. The Labute approximate surface area is 152 Å². The maximum atomic E-state index is 11.1. The molecule has 136 valence electrons. The smallest absolute Gasteiger partial charge is 0.252 e. The monoisotopic (exact) mass is 352 g/mol. The quantitative estimate of drug-likeness (QED) is 0.247. The molecule has 2 nitrogen and oxygen atoms in total. The summed E-state index contributed by atoms with van der Waals surface area (Å²) >= 11 is 5.47. The van der Waals surface area contributed by atoms with Crippen molar-refractivity contribution in [3.8, 4) is 5.75 Å². The Kier molecular flexibility index (Phi) is 12.6. The Morgan fingerprint density at radius 1 is 0.875 bits per heavy atom. The molecular formula is C21H33ClO2. The second kappa shape index (κ2) is 14.3. The molecule has 0 aliphatic heterocycles. The van der Waals surface area contributed by atoms with Crippen LogP contribution in [0.1, 0.15) is 94.3 Å². The summed E-state index contributed by atoms with van der Waals surface area (Å²) in [6.07, 6.45) is 16.1. The van der Waals surface area contributed by atoms with Crippen LogP contribution in [0.2, 0.25) is 0 Å². The van der Waals surface area contributed by atoms with Gasteiger partial charge >= 0.3 is 0 Å². The molecule has 0 heterocycles. The number of carbonyl (C=O) groups is 1. The van der Waals surface area contributed by atoms with Crippen molar-refractivity contribution < 1.29 is 9.53 Å². The third kappa shape index (κ3) is 10.7. The van der Waals surface area contributed by atoms with Crippen molar-refractivity contribution >= 4 is 16.8 Å². The highest BCUT2D eigenvalue weighted by atomic mass is 35.5. The van der Waals surface area contributed by atoms with Gasteiger partial charge < -0.3 is 4.74 Å². The van der Waals surface area contributed by atoms with Crippen LogP contribution in [-0.4, -0.2) is 11.8 Å². The predicted octanol–water partition coefficient (Wildman–Crippen LogP) is 7.15. The lowest BCUT2D eigenvalue weighted by molar-refractivity contribution is 0.108. The van der Waals surface area contributed by atoms with Gasteiger partial charge in [-0.05, 0) is 36.2 Å². The maximum Gasteiger partial charge on any atom is 0.252 e. The number of hydrogen-bond donors (Lipinski definition) is 0. The van der Waals surface area contributed by atoms with E-state index in [0.717, 1.165) is 12.2 Å². The molecule has 0 radical (unpaired) electrons. The maximum absolute atomic E-state index is 11.1. The molecule has 0 saturated heterocycles. The highest BCUT2D eigenvalue weighted by molar-refractivity contribution is 6.67. The fourth-order valence-electron chi connectivity index (χ4n) is 2.84. The molecule has 0 bridgehead atoms. The summed E-state index contributed by atoms with van der Waals surface area (Å²) in [4.78, 5) is 11.1. The molecular weight excluding hydrogens is 320 g/mol. The van der Waals surface area contributed by atoms with E-state index in [4.69, 9.17) is 16.3 Å². The van der Waals surface area contributed by atoms with Crippen molar-refractivity contribution in [1.29, 1.82) is 0 Å². The van der Waals surface area contributed by atoms with Crippen LogP contribution < -0.4 is 4.74 Å². The summed E-state index contributed by atoms with van der Waals surface area (Å²) in [6.45, 7) is 2.97. The molecule has 3 heteroatoms. The first-order chi connectivity index (χ1) is 11.7. The van der Waals surface area contributed by atoms with Crippen molar-refractivity contribution in [1.82, 2.24) is 0 Å². The normalized spacial score (nSPS) is 10.8. The summed E-state index contributed by atoms with van der Waals surface area (Å²) < 4.78 is 5.68. The number of halogens is 1. The lowest BCUT2D eigenvalue weighted by Gasteiger charge is -2.07. The van der Waals surface area contributed by atoms with Gasteiger partial charge in [0, 0.05) is 5.56 Å². The first-order valence-corrected chi connectivity index (χ1v) is 10.0. The van der Waals surface area contributed by atoms with Gasteiger partial charge in [0.1, 0.15) is 5.75 Å². The minimum absolute atomic E-state index is 0.439. The first kappa shape index (κ1) is 21.0. The first-order valence-electron chi connectivity index (χ1n) is 9.66. The highest BCUT2D eigenvalue weighted by Crippen LogP contribution is 2.16. The van der Waals surface area contributed by atoms with E-state index >= 15 is 0 Å². The van der Waals surface area contributed by atoms with Crippen LogP contribution in [0.3, 0.4) is 0 Å². The van der Waals surface area contributed by atoms with E-state index in [1.807, 2.05) is 6.07 Å². The van der Waals surface area contributed by atoms with E-state index < -0.39 is 5.24 Å². The Hall–Kier alpha value is -1.02. The van der Waals surface area contributed by atoms with E-state index in [2.05, 4.69) is 6.92 Å². The summed E-state index contributed by atoms with van der Waals surface area (Å²) in [5.74, 6) is 0.726. The molecule has 1 rings (SSSR count). The average Bonchev–Trinajstić information content (AvgIpc) is 2.59. The fraction of sp³-hybridized carbons (Fsp3) is 0.667. The van der Waals surface area contributed by atoms with Crippen molar-refractivity contribution in [2.24, 2.45) is 0 Å². The molecule has 1 aromatic carbocycles. The third-order valence-electron chi connectivity index (χ3n) is 4.33. The molecule has 1 aromatic rings. The van der Waals surface area contributed by atoms with Gasteiger partial charge in [0.05, 0.1) is 6.61 Å². The molecule has 0 amide bonds. The van der Waals surface area contributed by atoms with Crippen LogP contribution in [0.4, 0.5) is 0 Å². The summed E-state index contributed by atoms with van der Waals surface area (Å²) in [6, 6.07) is 7.07. The number of ether oxygens (including phenoxy) is 1. The minimum Gasteiger partial charge on any atom is -0.494 e. The van der Waals surface area contributed by atoms with E-state index in [1.54, 1.807) is 18.2 Å². The third-order valence-corrected chi connectivity index (χ3v) is 4.55. The molecule has 0 unspecified atom stereocenters. The number of rotatable bonds is 15. The van der Waals surface area contributed by atoms with Crippen molar-refractivity contribution in [3.05, 3.63) is 29.8 Å². The van der Waals surface area contributed by atoms with Crippen LogP contribution >= 0.6 is 11.6 Å². The fourth-order valence-corrected chi connectivity index (χ4v) is 2.96. The zero-order chi connectivity index (χ0) is 17.5. The second-order valence-electron chi connectivity index (χ2n) is 6.54. The highest BCUT2D eigenvalue weighted by Gasteiger charge is 2.02. The van der Waals surface area contributed by atoms with Crippen molar-refractivity contribution in [2.45, 2.75) is 84.0 Å². The Balaban J connectivity index is 1.90. The van der Waals surface area contributed by atoms with Gasteiger partial charge in [-0.2, -0.15) is 0 Å². The standard InChI is InChI=1S/C21H33ClO2/c1-2-3-4-5-6-7-8-9-10-11-12-13-17-24-20-16-14-15-19(18-20)21(22)23/h14-16,18H,2-13,17H2,1H3. The van der Waals surface area contributed by atoms with E-state index in [0.29, 0.717) is 12.2 Å². The SMILES string of the molecule is CCCCCCCCCCCCCCOc1cccc(C(=O)Cl)c1. The molecule has 0 spiro atoms. The van der Waals surface area contributed by atoms with Gasteiger partial charge in [0.2, 0.25) is 0 Å². The lowest BCUT2D eigenvalue weighted by Crippen LogP contribution is -1.98. The Bertz CT molecular complexity index is 445. The van der Waals surface area contributed by atoms with E-state index in [-0.39, 0.29) is 0 Å². The molecule has 0 saturated carbocycles. The minimum atomic E-state index is -0.439. The summed E-state index contributed by atoms with van der Waals surface area (Å²) in [5, 5.41) is -0.439. The molecule has 0 aliphatic carbocycles. The Morgan fingerprint density at radius 2 is 1.42 bits per heavy atom. The number of hydrogen-bond acceptors (Lipinski definition) is 2. The largest absolute Gasteiger partial charge is 0.494 e. The van der Waals surface area contributed by atoms with Gasteiger partial charge in [0.15, 0.2) is 0 Å². The van der Waals surface area contributed by atoms with Crippen LogP contribution in [0.15, 0.2) is 24.3 Å². The topological polar surface area (TPSA) is 26.3 Å². The number of benzene rings is 1. The van der Waals surface area contributed by atoms with Crippen molar-refractivity contribution in [2.75, 3.05) is 6.61 Å². The summed E-state index contributed by atoms with van der Waals surface area (Å²) in [7, 11) is 0. The average molecular weight is 353 g/mol. The van der Waals surface area contributed by atoms with Crippen LogP contribution in [0, 0.1) is 0 Å². The van der Waals surface area contributed by atoms with Gasteiger partial charge in [0.25, 0.3) is 5.24 Å². The zero-order valence-electron chi connectivity index (χ0n) is 15.2. The number of carbonyl (C=O) groups excluding carboxylic acids is 1. The van der Waals surface area contributed by atoms with Gasteiger partial charge in [-0.25, -0.2) is 0 Å². The molecule has 0 atom stereocenters. The van der Waals surface area contributed by atoms with Gasteiger partial charge in [-0.3, -0.25) is 4.79 Å². The van der Waals surface area contributed by atoms with Crippen molar-refractivity contribution in [3.63, 3.8) is 0 Å². The molecule has 0 aromatic heterocycles. The second-order valence-corrected chi connectivity index (χ2v) is 6.88. The lowest BCUT2D eigenvalue weighted by atomic mass is 10.1. The van der Waals surface area contributed by atoms with Crippen LogP contribution in [0.25, 0.3) is 0 Å². The van der Waals surface area contributed by atoms with Crippen LogP contribution in [0.5, 0.6) is 5.75 Å². The van der Waals surface area contributed by atoms with Crippen LogP contribution in [-0.2, 0) is 0 Å². The van der Waals surface area contributed by atoms with Gasteiger partial charge in [-0.15, -0.1) is 0 Å². The summed E-state index contributed by atoms with van der Waals surface area (Å²) in [5.41, 5.74) is 0.490. The van der Waals surface area contributed by atoms with E-state index in [9.17, 15) is 4.79 Å². The predicted molar refractivity (Wildman–Crippen MR) is 103 cm³/mol.